The molecular weight excluding hydrogens is 478 g/mol. The molecule has 0 amide bonds. The van der Waals surface area contributed by atoms with Gasteiger partial charge in [-0.15, -0.1) is 0 Å². The predicted octanol–water partition coefficient (Wildman–Crippen LogP) is -3.06. The first-order valence-electron chi connectivity index (χ1n) is 0.663. The van der Waals surface area contributed by atoms with E-state index in [1.54, 1.807) is 0 Å². The summed E-state index contributed by atoms with van der Waals surface area (Å²) in [6, 6.07) is 0. The Bertz CT molecular complexity index is 11.5. The van der Waals surface area contributed by atoms with Crippen LogP contribution in [0, 0.1) is 0 Å². The van der Waals surface area contributed by atoms with Crippen LogP contribution >= 0.6 is 0 Å². The fourth-order valence-electron chi connectivity index (χ4n) is 0. The predicted molar refractivity (Wildman–Crippen MR) is 27.3 cm³/mol. The molecule has 42 valence electrons. The number of rotatable bonds is 1. The van der Waals surface area contributed by atoms with Crippen LogP contribution in [-0.4, -0.2) is 58.3 Å². The van der Waals surface area contributed by atoms with Crippen molar-refractivity contribution in [2.75, 3.05) is 0 Å². The molecule has 0 atom stereocenters. The van der Waals surface area contributed by atoms with Gasteiger partial charge in [-0.3, -0.25) is 5.21 Å². The zero-order chi connectivity index (χ0) is 3.41. The third-order valence-electron chi connectivity index (χ3n) is 0.0527. The molecule has 0 aliphatic carbocycles. The van der Waals surface area contributed by atoms with Crippen LogP contribution in [0.4, 0.5) is 0 Å². The molecule has 0 aromatic rings. The molecule has 0 aromatic heterocycles. The first kappa shape index (κ1) is 15.6. The molecule has 6 heavy (non-hydrogen) atoms. The summed E-state index contributed by atoms with van der Waals surface area (Å²) in [7, 11) is 0. The Balaban J connectivity index is -0.0000000450. The first-order valence-corrected chi connectivity index (χ1v) is 0.663. The summed E-state index contributed by atoms with van der Waals surface area (Å²) in [6.07, 6.45) is 0. The van der Waals surface area contributed by atoms with Crippen LogP contribution in [0.15, 0.2) is 0 Å². The van der Waals surface area contributed by atoms with E-state index in [1.807, 2.05) is 0 Å². The Morgan fingerprint density at radius 3 is 1.67 bits per heavy atom. The van der Waals surface area contributed by atoms with Crippen molar-refractivity contribution in [3.8, 4) is 0 Å². The van der Waals surface area contributed by atoms with Crippen LogP contribution in [0.25, 0.3) is 0 Å². The Labute approximate surface area is 74.2 Å². The van der Waals surface area contributed by atoms with E-state index in [0.29, 0.717) is 0 Å². The van der Waals surface area contributed by atoms with Gasteiger partial charge in [0.1, 0.15) is 0 Å². The van der Waals surface area contributed by atoms with E-state index in [1.165, 1.54) is 5.64 Å². The van der Waals surface area contributed by atoms with Gasteiger partial charge >= 0.3 is 53.1 Å². The van der Waals surface area contributed by atoms with Crippen molar-refractivity contribution in [2.45, 2.75) is 0 Å². The summed E-state index contributed by atoms with van der Waals surface area (Å²) in [5, 5.41) is 7.28. The monoisotopic (exact) mass is 486 g/mol. The molecule has 0 unspecified atom stereocenters. The number of nitrogens with two attached hydrogens (primary N) is 1. The van der Waals surface area contributed by atoms with Gasteiger partial charge in [-0.1, -0.05) is 5.64 Å². The van der Waals surface area contributed by atoms with Gasteiger partial charge in [0.15, 0.2) is 0 Å². The third kappa shape index (κ3) is 17.4. The van der Waals surface area contributed by atoms with Crippen LogP contribution in [0.2, 0.25) is 0 Å². The zero-order valence-electron chi connectivity index (χ0n) is 2.93. The minimum absolute atomic E-state index is 0. The Kier molecular flexibility index (Phi) is 41.6. The number of hydrogen-bond donors (Lipinski definition) is 3. The number of nitrogens with one attached hydrogen (secondary N) is 1. The molecule has 0 radical (unpaired) electrons. The number of hydrogen-bond acceptors (Lipinski definition) is 4. The van der Waals surface area contributed by atoms with Crippen molar-refractivity contribution >= 4 is 53.1 Å². The van der Waals surface area contributed by atoms with E-state index in [4.69, 9.17) is 5.21 Å². The summed E-state index contributed by atoms with van der Waals surface area (Å²) in [5.74, 6) is 4.17. The van der Waals surface area contributed by atoms with E-state index in [-0.39, 0.29) is 53.1 Å². The van der Waals surface area contributed by atoms with Crippen molar-refractivity contribution in [3.05, 3.63) is 0 Å². The van der Waals surface area contributed by atoms with E-state index in [9.17, 15) is 0 Å². The van der Waals surface area contributed by atoms with Gasteiger partial charge in [-0.05, 0) is 0 Å². The molecule has 0 aliphatic rings. The van der Waals surface area contributed by atoms with Gasteiger partial charge in [0.25, 0.3) is 0 Å². The molecular formula is H8N2O2Po2. The van der Waals surface area contributed by atoms with Crippen molar-refractivity contribution in [1.82, 2.24) is 5.64 Å². The molecule has 0 aliphatic heterocycles. The molecule has 0 bridgehead atoms. The maximum atomic E-state index is 7.28. The second kappa shape index (κ2) is 15.9. The standard InChI is InChI=1S/H4N2O2.2Po.4H/c1-4-2-3;;;;;;/h2-3H,1H2;;;;;;. The minimum atomic E-state index is 0. The molecule has 0 spiro atoms. The Morgan fingerprint density at radius 1 is 1.50 bits per heavy atom. The van der Waals surface area contributed by atoms with E-state index in [0.717, 1.165) is 0 Å². The van der Waals surface area contributed by atoms with Crippen LogP contribution < -0.4 is 11.5 Å². The molecule has 0 saturated carbocycles. The second-order valence-electron chi connectivity index (χ2n) is 0.209. The topological polar surface area (TPSA) is 67.5 Å². The maximum absolute atomic E-state index is 7.28. The molecule has 0 saturated heterocycles. The summed E-state index contributed by atoms with van der Waals surface area (Å²) in [5.41, 5.74) is 1.21. The molecule has 0 heterocycles. The van der Waals surface area contributed by atoms with Crippen molar-refractivity contribution in [3.63, 3.8) is 0 Å². The van der Waals surface area contributed by atoms with Gasteiger partial charge in [-0.2, -0.15) is 10.8 Å². The van der Waals surface area contributed by atoms with Crippen LogP contribution in [-0.2, 0) is 4.94 Å². The van der Waals surface area contributed by atoms with Gasteiger partial charge in [-0.25, -0.2) is 0 Å². The summed E-state index contributed by atoms with van der Waals surface area (Å²) >= 11 is 0. The molecule has 0 rings (SSSR count). The van der Waals surface area contributed by atoms with E-state index < -0.39 is 0 Å². The van der Waals surface area contributed by atoms with Crippen LogP contribution in [0.5, 0.6) is 0 Å². The van der Waals surface area contributed by atoms with Crippen molar-refractivity contribution in [1.29, 1.82) is 0 Å². The average Bonchev–Trinajstić information content (AvgIpc) is 1.37. The summed E-state index contributed by atoms with van der Waals surface area (Å²) in [6.45, 7) is 0. The third-order valence-corrected chi connectivity index (χ3v) is 0.0527. The normalized spacial score (nSPS) is 5.00. The zero-order valence-corrected chi connectivity index (χ0v) is 10.7. The van der Waals surface area contributed by atoms with Crippen molar-refractivity contribution < 1.29 is 10.1 Å². The molecule has 4 N–H and O–H groups in total. The molecule has 6 heteroatoms. The fourth-order valence-corrected chi connectivity index (χ4v) is 0. The van der Waals surface area contributed by atoms with E-state index >= 15 is 0 Å². The van der Waals surface area contributed by atoms with E-state index in [2.05, 4.69) is 10.8 Å². The quantitative estimate of drug-likeness (QED) is 0.345. The fraction of sp³-hybridized carbons (Fsp3) is 0. The van der Waals surface area contributed by atoms with Crippen molar-refractivity contribution in [2.24, 2.45) is 5.90 Å². The summed E-state index contributed by atoms with van der Waals surface area (Å²) < 4.78 is 0. The summed E-state index contributed by atoms with van der Waals surface area (Å²) in [4.78, 5) is 3.35. The Morgan fingerprint density at radius 2 is 1.67 bits per heavy atom. The van der Waals surface area contributed by atoms with Crippen LogP contribution in [0.1, 0.15) is 0 Å². The van der Waals surface area contributed by atoms with Gasteiger partial charge in [0.05, 0.1) is 0 Å². The first-order chi connectivity index (χ1) is 1.91. The second-order valence-corrected chi connectivity index (χ2v) is 0.209. The average molecular weight is 486 g/mol. The molecule has 0 fully saturated rings. The van der Waals surface area contributed by atoms with Gasteiger partial charge in [0, 0.05) is 0 Å². The molecule has 0 aromatic carbocycles. The molecule has 4 nitrogen and oxygen atoms in total. The van der Waals surface area contributed by atoms with Gasteiger partial charge in [0.2, 0.25) is 0 Å². The SMILES string of the molecule is NONO.[PoH2].[PoH2]. The van der Waals surface area contributed by atoms with Gasteiger partial charge < -0.3 is 0 Å². The Hall–Kier alpha value is 1.63. The van der Waals surface area contributed by atoms with Crippen LogP contribution in [0.3, 0.4) is 0 Å².